The van der Waals surface area contributed by atoms with Gasteiger partial charge in [0.25, 0.3) is 0 Å². The maximum atomic E-state index is 10.3. The zero-order valence-corrected chi connectivity index (χ0v) is 8.12. The van der Waals surface area contributed by atoms with Crippen LogP contribution in [0.15, 0.2) is 0 Å². The van der Waals surface area contributed by atoms with Crippen molar-refractivity contribution in [2.24, 2.45) is 0 Å². The predicted molar refractivity (Wildman–Crippen MR) is 50.9 cm³/mol. The van der Waals surface area contributed by atoms with E-state index >= 15 is 0 Å². The molecule has 1 fully saturated rings. The van der Waals surface area contributed by atoms with E-state index in [0.29, 0.717) is 0 Å². The molecular formula is C9H18N2O2. The van der Waals surface area contributed by atoms with Gasteiger partial charge >= 0.3 is 6.09 Å². The Morgan fingerprint density at radius 2 is 2.46 bits per heavy atom. The van der Waals surface area contributed by atoms with Gasteiger partial charge in [0.1, 0.15) is 0 Å². The molecule has 13 heavy (non-hydrogen) atoms. The van der Waals surface area contributed by atoms with Crippen molar-refractivity contribution in [2.75, 3.05) is 19.6 Å². The largest absolute Gasteiger partial charge is 0.465 e. The fraction of sp³-hybridized carbons (Fsp3) is 0.889. The molecule has 0 aromatic carbocycles. The molecule has 0 bridgehead atoms. The molecule has 0 aromatic heterocycles. The highest BCUT2D eigenvalue weighted by atomic mass is 16.4. The molecule has 0 spiro atoms. The molecule has 1 atom stereocenters. The van der Waals surface area contributed by atoms with Gasteiger partial charge in [0.15, 0.2) is 0 Å². The summed E-state index contributed by atoms with van der Waals surface area (Å²) in [5.74, 6) is 0. The Labute approximate surface area is 78.9 Å². The molecule has 1 aliphatic rings. The minimum Gasteiger partial charge on any atom is -0.465 e. The van der Waals surface area contributed by atoms with E-state index in [1.807, 2.05) is 0 Å². The number of nitrogens with one attached hydrogen (secondary N) is 1. The fourth-order valence-electron chi connectivity index (χ4n) is 1.71. The van der Waals surface area contributed by atoms with Crippen LogP contribution < -0.4 is 5.32 Å². The maximum Gasteiger partial charge on any atom is 0.404 e. The summed E-state index contributed by atoms with van der Waals surface area (Å²) in [7, 11) is 0. The summed E-state index contributed by atoms with van der Waals surface area (Å²) in [5, 5.41) is 11.0. The minimum atomic E-state index is -0.901. The normalized spacial score (nSPS) is 23.3. The topological polar surface area (TPSA) is 52.6 Å². The van der Waals surface area contributed by atoms with Crippen LogP contribution in [0.4, 0.5) is 4.79 Å². The standard InChI is InChI=1S/C9H18N2O2/c1-2-3-5-11-6-4-8(7-11)10-9(12)13/h8,10H,2-7H2,1H3,(H,12,13). The van der Waals surface area contributed by atoms with Crippen molar-refractivity contribution in [3.63, 3.8) is 0 Å². The van der Waals surface area contributed by atoms with Crippen molar-refractivity contribution in [1.29, 1.82) is 0 Å². The summed E-state index contributed by atoms with van der Waals surface area (Å²) in [6.07, 6.45) is 2.46. The lowest BCUT2D eigenvalue weighted by molar-refractivity contribution is 0.189. The van der Waals surface area contributed by atoms with E-state index in [0.717, 1.165) is 26.1 Å². The third kappa shape index (κ3) is 3.63. The van der Waals surface area contributed by atoms with Gasteiger partial charge < -0.3 is 15.3 Å². The molecule has 0 aromatic rings. The van der Waals surface area contributed by atoms with Gasteiger partial charge in [-0.15, -0.1) is 0 Å². The number of carboxylic acid groups (broad SMARTS) is 1. The average Bonchev–Trinajstić information content (AvgIpc) is 2.48. The summed E-state index contributed by atoms with van der Waals surface area (Å²) in [5.41, 5.74) is 0. The van der Waals surface area contributed by atoms with Gasteiger partial charge in [-0.25, -0.2) is 4.79 Å². The monoisotopic (exact) mass is 186 g/mol. The molecule has 1 aliphatic heterocycles. The van der Waals surface area contributed by atoms with Crippen molar-refractivity contribution < 1.29 is 9.90 Å². The molecule has 76 valence electrons. The number of nitrogens with zero attached hydrogens (tertiary/aromatic N) is 1. The van der Waals surface area contributed by atoms with Gasteiger partial charge in [-0.1, -0.05) is 13.3 Å². The maximum absolute atomic E-state index is 10.3. The number of rotatable bonds is 4. The fourth-order valence-corrected chi connectivity index (χ4v) is 1.71. The number of amides is 1. The van der Waals surface area contributed by atoms with Crippen molar-refractivity contribution in [1.82, 2.24) is 10.2 Å². The number of unbranched alkanes of at least 4 members (excludes halogenated alkanes) is 1. The highest BCUT2D eigenvalue weighted by Gasteiger charge is 2.22. The summed E-state index contributed by atoms with van der Waals surface area (Å²) in [6, 6.07) is 0.148. The molecule has 4 nitrogen and oxygen atoms in total. The predicted octanol–water partition coefficient (Wildman–Crippen LogP) is 1.13. The molecule has 0 aliphatic carbocycles. The molecular weight excluding hydrogens is 168 g/mol. The van der Waals surface area contributed by atoms with Gasteiger partial charge in [-0.2, -0.15) is 0 Å². The Kier molecular flexibility index (Phi) is 4.02. The average molecular weight is 186 g/mol. The van der Waals surface area contributed by atoms with Crippen LogP contribution in [0.5, 0.6) is 0 Å². The summed E-state index contributed by atoms with van der Waals surface area (Å²) in [4.78, 5) is 12.7. The van der Waals surface area contributed by atoms with Crippen LogP contribution in [0.3, 0.4) is 0 Å². The van der Waals surface area contributed by atoms with Crippen LogP contribution in [0.2, 0.25) is 0 Å². The Morgan fingerprint density at radius 1 is 1.69 bits per heavy atom. The molecule has 1 rings (SSSR count). The second-order valence-electron chi connectivity index (χ2n) is 3.59. The molecule has 1 amide bonds. The Bertz CT molecular complexity index is 173. The van der Waals surface area contributed by atoms with E-state index in [-0.39, 0.29) is 6.04 Å². The number of hydrogen-bond donors (Lipinski definition) is 2. The lowest BCUT2D eigenvalue weighted by atomic mass is 10.3. The first-order valence-corrected chi connectivity index (χ1v) is 4.94. The van der Waals surface area contributed by atoms with Crippen LogP contribution in [0.1, 0.15) is 26.2 Å². The quantitative estimate of drug-likeness (QED) is 0.692. The third-order valence-electron chi connectivity index (χ3n) is 2.43. The number of carbonyl (C=O) groups is 1. The van der Waals surface area contributed by atoms with E-state index in [9.17, 15) is 4.79 Å². The van der Waals surface area contributed by atoms with Gasteiger partial charge in [0.05, 0.1) is 0 Å². The Hall–Kier alpha value is -0.770. The smallest absolute Gasteiger partial charge is 0.404 e. The van der Waals surface area contributed by atoms with E-state index in [1.165, 1.54) is 12.8 Å². The molecule has 1 unspecified atom stereocenters. The second-order valence-corrected chi connectivity index (χ2v) is 3.59. The highest BCUT2D eigenvalue weighted by molar-refractivity contribution is 5.64. The van der Waals surface area contributed by atoms with E-state index in [4.69, 9.17) is 5.11 Å². The zero-order valence-electron chi connectivity index (χ0n) is 8.12. The molecule has 1 saturated heterocycles. The number of likely N-dealkylation sites (tertiary alicyclic amines) is 1. The molecule has 0 saturated carbocycles. The van der Waals surface area contributed by atoms with Crippen molar-refractivity contribution in [3.8, 4) is 0 Å². The lowest BCUT2D eigenvalue weighted by Crippen LogP contribution is -2.36. The van der Waals surface area contributed by atoms with E-state index in [2.05, 4.69) is 17.1 Å². The van der Waals surface area contributed by atoms with E-state index in [1.54, 1.807) is 0 Å². The molecule has 2 N–H and O–H groups in total. The van der Waals surface area contributed by atoms with Crippen LogP contribution in [-0.4, -0.2) is 41.8 Å². The minimum absolute atomic E-state index is 0.148. The van der Waals surface area contributed by atoms with Crippen molar-refractivity contribution in [2.45, 2.75) is 32.2 Å². The summed E-state index contributed by atoms with van der Waals surface area (Å²) in [6.45, 7) is 5.19. The van der Waals surface area contributed by atoms with E-state index < -0.39 is 6.09 Å². The van der Waals surface area contributed by atoms with Gasteiger partial charge in [-0.3, -0.25) is 0 Å². The van der Waals surface area contributed by atoms with Crippen LogP contribution in [0, 0.1) is 0 Å². The second kappa shape index (κ2) is 5.07. The van der Waals surface area contributed by atoms with Gasteiger partial charge in [0, 0.05) is 19.1 Å². The summed E-state index contributed by atoms with van der Waals surface area (Å²) >= 11 is 0. The first kappa shape index (κ1) is 10.3. The first-order valence-electron chi connectivity index (χ1n) is 4.94. The SMILES string of the molecule is CCCCN1CCC(NC(=O)O)C1. The third-order valence-corrected chi connectivity index (χ3v) is 2.43. The molecule has 0 radical (unpaired) electrons. The van der Waals surface area contributed by atoms with Crippen LogP contribution in [0.25, 0.3) is 0 Å². The summed E-state index contributed by atoms with van der Waals surface area (Å²) < 4.78 is 0. The van der Waals surface area contributed by atoms with Crippen LogP contribution in [-0.2, 0) is 0 Å². The molecule has 4 heteroatoms. The van der Waals surface area contributed by atoms with Gasteiger partial charge in [-0.05, 0) is 19.4 Å². The lowest BCUT2D eigenvalue weighted by Gasteiger charge is -2.14. The number of hydrogen-bond acceptors (Lipinski definition) is 2. The first-order chi connectivity index (χ1) is 6.22. The van der Waals surface area contributed by atoms with Crippen molar-refractivity contribution in [3.05, 3.63) is 0 Å². The Balaban J connectivity index is 2.16. The van der Waals surface area contributed by atoms with Crippen molar-refractivity contribution >= 4 is 6.09 Å². The van der Waals surface area contributed by atoms with Gasteiger partial charge in [0.2, 0.25) is 0 Å². The highest BCUT2D eigenvalue weighted by Crippen LogP contribution is 2.09. The Morgan fingerprint density at radius 3 is 3.08 bits per heavy atom. The van der Waals surface area contributed by atoms with Crippen LogP contribution >= 0.6 is 0 Å². The zero-order chi connectivity index (χ0) is 9.68. The molecule has 1 heterocycles.